The largest absolute Gasteiger partial charge is 0.371 e. The van der Waals surface area contributed by atoms with Crippen LogP contribution < -0.4 is 19.7 Å². The van der Waals surface area contributed by atoms with E-state index in [1.165, 1.54) is 97.0 Å². The van der Waals surface area contributed by atoms with Gasteiger partial charge >= 0.3 is 0 Å². The first-order valence-electron chi connectivity index (χ1n) is 12.5. The molecule has 1 aromatic rings. The summed E-state index contributed by atoms with van der Waals surface area (Å²) in [5.41, 5.74) is 5.65. The van der Waals surface area contributed by atoms with Crippen LogP contribution in [0.4, 0.5) is 11.4 Å². The maximum absolute atomic E-state index is 5.27. The third-order valence-corrected chi connectivity index (χ3v) is 9.92. The molecule has 3 saturated heterocycles. The van der Waals surface area contributed by atoms with E-state index in [1.807, 2.05) is 11.3 Å². The molecule has 0 spiro atoms. The van der Waals surface area contributed by atoms with Crippen LogP contribution in [0.5, 0.6) is 0 Å². The molecule has 0 bridgehead atoms. The lowest BCUT2D eigenvalue weighted by Crippen LogP contribution is -2.34. The molecule has 0 aromatic heterocycles. The van der Waals surface area contributed by atoms with Crippen molar-refractivity contribution in [1.82, 2.24) is 9.56 Å². The average Bonchev–Trinajstić information content (AvgIpc) is 3.44. The summed E-state index contributed by atoms with van der Waals surface area (Å²) >= 11 is 1.94. The number of piperidine rings is 1. The van der Waals surface area contributed by atoms with Crippen LogP contribution in [-0.4, -0.2) is 44.3 Å². The molecule has 4 heterocycles. The van der Waals surface area contributed by atoms with Crippen molar-refractivity contribution in [3.63, 3.8) is 0 Å². The molecule has 2 aliphatic carbocycles. The fourth-order valence-corrected chi connectivity index (χ4v) is 7.65. The highest BCUT2D eigenvalue weighted by molar-refractivity contribution is 7.21. The van der Waals surface area contributed by atoms with Gasteiger partial charge in [0.05, 0.1) is 15.1 Å². The number of rotatable bonds is 2. The lowest BCUT2D eigenvalue weighted by atomic mass is 10.1. The van der Waals surface area contributed by atoms with Crippen molar-refractivity contribution in [3.8, 4) is 10.6 Å². The Balaban J connectivity index is 1.40. The van der Waals surface area contributed by atoms with E-state index in [0.29, 0.717) is 5.41 Å². The highest BCUT2D eigenvalue weighted by Crippen LogP contribution is 2.60. The lowest BCUT2D eigenvalue weighted by molar-refractivity contribution is 0.439. The van der Waals surface area contributed by atoms with Crippen LogP contribution in [0.3, 0.4) is 0 Å². The number of hydrogen-bond donors (Lipinski definition) is 0. The Bertz CT molecular complexity index is 1230. The molecule has 0 N–H and O–H groups in total. The molecule has 4 fully saturated rings. The molecule has 1 aromatic carbocycles. The fraction of sp³-hybridized carbons (Fsp3) is 0.556. The summed E-state index contributed by atoms with van der Waals surface area (Å²) in [6, 6.07) is 11.8. The quantitative estimate of drug-likeness (QED) is 0.423. The summed E-state index contributed by atoms with van der Waals surface area (Å²) in [6.07, 6.45) is 5.26. The maximum atomic E-state index is 5.27. The minimum Gasteiger partial charge on any atom is -0.371 e. The molecule has 4 nitrogen and oxygen atoms in total. The van der Waals surface area contributed by atoms with Gasteiger partial charge in [0.15, 0.2) is 5.69 Å². The smallest absolute Gasteiger partial charge is 0.229 e. The number of nitrogens with zero attached hydrogens (tertiary/aromatic N) is 4. The van der Waals surface area contributed by atoms with Crippen molar-refractivity contribution in [3.05, 3.63) is 35.7 Å². The van der Waals surface area contributed by atoms with Gasteiger partial charge in [-0.1, -0.05) is 13.8 Å². The van der Waals surface area contributed by atoms with Gasteiger partial charge in [0, 0.05) is 55.5 Å². The summed E-state index contributed by atoms with van der Waals surface area (Å²) in [5.74, 6) is 1.69. The third-order valence-electron chi connectivity index (χ3n) is 8.84. The number of fused-ring (bicyclic) bond motifs is 3. The Morgan fingerprint density at radius 2 is 1.53 bits per heavy atom. The van der Waals surface area contributed by atoms with Crippen LogP contribution in [-0.2, 0) is 0 Å². The number of hydrogen-bond acceptors (Lipinski definition) is 4. The van der Waals surface area contributed by atoms with E-state index in [9.17, 15) is 0 Å². The van der Waals surface area contributed by atoms with Crippen molar-refractivity contribution in [2.75, 3.05) is 49.1 Å². The molecule has 7 rings (SSSR count). The van der Waals surface area contributed by atoms with Crippen molar-refractivity contribution in [1.29, 1.82) is 0 Å². The molecule has 0 amide bonds. The second-order valence-corrected chi connectivity index (χ2v) is 12.1. The van der Waals surface area contributed by atoms with E-state index in [-0.39, 0.29) is 0 Å². The Morgan fingerprint density at radius 3 is 2.22 bits per heavy atom. The predicted octanol–water partition coefficient (Wildman–Crippen LogP) is 4.66. The molecule has 0 radical (unpaired) electrons. The second-order valence-electron chi connectivity index (χ2n) is 11.0. The third kappa shape index (κ3) is 2.93. The highest BCUT2D eigenvalue weighted by atomic mass is 32.1. The average molecular weight is 446 g/mol. The Labute approximate surface area is 194 Å². The summed E-state index contributed by atoms with van der Waals surface area (Å²) in [6.45, 7) is 12.0. The second kappa shape index (κ2) is 6.93. The van der Waals surface area contributed by atoms with Gasteiger partial charge < -0.3 is 9.80 Å². The lowest BCUT2D eigenvalue weighted by Gasteiger charge is -2.20. The normalized spacial score (nSPS) is 26.5. The summed E-state index contributed by atoms with van der Waals surface area (Å²) in [4.78, 5) is 11.7. The van der Waals surface area contributed by atoms with E-state index in [2.05, 4.69) is 58.6 Å². The zero-order chi connectivity index (χ0) is 21.4. The topological polar surface area (TPSA) is 22.4 Å². The van der Waals surface area contributed by atoms with Crippen LogP contribution in [0.2, 0.25) is 0 Å². The number of anilines is 2. The first-order chi connectivity index (χ1) is 15.6. The Morgan fingerprint density at radius 1 is 0.875 bits per heavy atom. The molecule has 2 unspecified atom stereocenters. The highest BCUT2D eigenvalue weighted by Gasteiger charge is 2.65. The summed E-state index contributed by atoms with van der Waals surface area (Å²) in [5, 5.41) is 1.37. The van der Waals surface area contributed by atoms with E-state index in [4.69, 9.17) is 4.98 Å². The summed E-state index contributed by atoms with van der Waals surface area (Å²) < 4.78 is 3.96. The van der Waals surface area contributed by atoms with Gasteiger partial charge in [-0.3, -0.25) is 0 Å². The van der Waals surface area contributed by atoms with Gasteiger partial charge in [-0.15, -0.1) is 11.3 Å². The maximum Gasteiger partial charge on any atom is 0.229 e. The monoisotopic (exact) mass is 445 g/mol. The van der Waals surface area contributed by atoms with Gasteiger partial charge in [-0.25, -0.2) is 9.56 Å². The van der Waals surface area contributed by atoms with Crippen LogP contribution in [0.1, 0.15) is 39.5 Å². The molecule has 4 aliphatic heterocycles. The predicted molar refractivity (Wildman–Crippen MR) is 135 cm³/mol. The minimum absolute atomic E-state index is 0.535. The molecule has 166 valence electrons. The van der Waals surface area contributed by atoms with E-state index in [1.54, 1.807) is 0 Å². The molecule has 32 heavy (non-hydrogen) atoms. The van der Waals surface area contributed by atoms with Crippen molar-refractivity contribution in [2.24, 2.45) is 17.3 Å². The van der Waals surface area contributed by atoms with E-state index < -0.39 is 0 Å². The standard InChI is InChI=1S/C27H33N4S/c1-27(2)20-16-31(17-21(20)27)23-13-19(30-11-5-6-12-30)15-25-26(23)28-22-8-7-18(14-24(22)32-25)29-9-3-4-10-29/h7-8,13-15,20-21H,3-6,9-12,16-17H2,1-2H3/q+1. The van der Waals surface area contributed by atoms with Gasteiger partial charge in [0.25, 0.3) is 0 Å². The van der Waals surface area contributed by atoms with E-state index >= 15 is 0 Å². The van der Waals surface area contributed by atoms with Crippen LogP contribution >= 0.6 is 11.3 Å². The molecule has 2 atom stereocenters. The fourth-order valence-electron chi connectivity index (χ4n) is 6.58. The van der Waals surface area contributed by atoms with Gasteiger partial charge in [0.2, 0.25) is 5.36 Å². The molecule has 5 heteroatoms. The number of aromatic nitrogens is 1. The van der Waals surface area contributed by atoms with Gasteiger partial charge in [-0.2, -0.15) is 0 Å². The number of benzene rings is 2. The van der Waals surface area contributed by atoms with E-state index in [0.717, 1.165) is 17.4 Å². The molecular formula is C27H33N4S+. The minimum atomic E-state index is 0.535. The van der Waals surface area contributed by atoms with Crippen LogP contribution in [0, 0.1) is 17.3 Å². The molecule has 6 aliphatic rings. The van der Waals surface area contributed by atoms with Crippen LogP contribution in [0.25, 0.3) is 20.8 Å². The molecule has 1 saturated carbocycles. The van der Waals surface area contributed by atoms with Crippen molar-refractivity contribution >= 4 is 32.9 Å². The van der Waals surface area contributed by atoms with Gasteiger partial charge in [0.1, 0.15) is 13.1 Å². The first kappa shape index (κ1) is 19.3. The molecular weight excluding hydrogens is 412 g/mol. The zero-order valence-electron chi connectivity index (χ0n) is 19.3. The van der Waals surface area contributed by atoms with Crippen LogP contribution in [0.15, 0.2) is 30.3 Å². The van der Waals surface area contributed by atoms with Crippen molar-refractivity contribution in [2.45, 2.75) is 39.5 Å². The Hall–Kier alpha value is -2.14. The Kier molecular flexibility index (Phi) is 4.19. The SMILES string of the molecule is CC1(C)C2C[N+](=c3cc(N4CCCC4)cc4sc5cc(N6CCCC6)ccc5nc3-4)CC21. The first-order valence-corrected chi connectivity index (χ1v) is 13.4. The summed E-state index contributed by atoms with van der Waals surface area (Å²) in [7, 11) is 0. The zero-order valence-corrected chi connectivity index (χ0v) is 20.1. The van der Waals surface area contributed by atoms with Crippen molar-refractivity contribution < 1.29 is 0 Å². The van der Waals surface area contributed by atoms with Gasteiger partial charge in [-0.05, 0) is 55.4 Å².